The molecule has 0 radical (unpaired) electrons. The molecule has 0 saturated heterocycles. The number of carbonyl (C=O) groups is 1. The molecule has 0 spiro atoms. The minimum Gasteiger partial charge on any atom is -0.494 e. The van der Waals surface area contributed by atoms with Crippen LogP contribution in [0.15, 0.2) is 77.8 Å². The minimum absolute atomic E-state index is 0.0835. The summed E-state index contributed by atoms with van der Waals surface area (Å²) in [6, 6.07) is 23.5. The Labute approximate surface area is 218 Å². The zero-order valence-electron chi connectivity index (χ0n) is 20.2. The molecule has 1 amide bonds. The van der Waals surface area contributed by atoms with Crippen LogP contribution in [-0.4, -0.2) is 39.4 Å². The molecule has 180 valence electrons. The van der Waals surface area contributed by atoms with E-state index in [0.717, 1.165) is 31.3 Å². The van der Waals surface area contributed by atoms with Crippen molar-refractivity contribution < 1.29 is 14.6 Å². The number of carbonyl (C=O) groups excluding carboxylic acids is 1. The molecular formula is C28H28IN3O3. The molecule has 0 saturated carbocycles. The van der Waals surface area contributed by atoms with Crippen LogP contribution in [0.1, 0.15) is 37.5 Å². The average Bonchev–Trinajstić information content (AvgIpc) is 3.12. The molecular weight excluding hydrogens is 553 g/mol. The predicted molar refractivity (Wildman–Crippen MR) is 149 cm³/mol. The van der Waals surface area contributed by atoms with E-state index in [1.807, 2.05) is 93.6 Å². The Morgan fingerprint density at radius 1 is 1.06 bits per heavy atom. The van der Waals surface area contributed by atoms with Crippen LogP contribution in [0.4, 0.5) is 10.5 Å². The molecule has 6 nitrogen and oxygen atoms in total. The zero-order chi connectivity index (χ0) is 25.2. The third kappa shape index (κ3) is 6.03. The Balaban J connectivity index is 1.67. The topological polar surface area (TPSA) is 77.9 Å². The second-order valence-corrected chi connectivity index (χ2v) is 10.6. The molecule has 0 aliphatic heterocycles. The van der Waals surface area contributed by atoms with Crippen molar-refractivity contribution in [2.45, 2.75) is 32.9 Å². The van der Waals surface area contributed by atoms with Crippen LogP contribution in [0.2, 0.25) is 0 Å². The molecule has 0 unspecified atom stereocenters. The maximum Gasteiger partial charge on any atom is 0.410 e. The van der Waals surface area contributed by atoms with Crippen molar-refractivity contribution in [3.05, 3.63) is 93.1 Å². The van der Waals surface area contributed by atoms with E-state index in [1.165, 1.54) is 0 Å². The van der Waals surface area contributed by atoms with Gasteiger partial charge in [-0.15, -0.1) is 0 Å². The van der Waals surface area contributed by atoms with Gasteiger partial charge < -0.3 is 19.7 Å². The predicted octanol–water partition coefficient (Wildman–Crippen LogP) is 7.01. The highest BCUT2D eigenvalue weighted by Gasteiger charge is 2.20. The fourth-order valence-electron chi connectivity index (χ4n) is 3.74. The monoisotopic (exact) mass is 581 g/mol. The van der Waals surface area contributed by atoms with E-state index in [1.54, 1.807) is 11.9 Å². The number of aromatic amines is 1. The van der Waals surface area contributed by atoms with Gasteiger partial charge in [-0.2, -0.15) is 0 Å². The lowest BCUT2D eigenvalue weighted by atomic mass is 10.0. The number of aliphatic imine (C=N–C) groups is 1. The van der Waals surface area contributed by atoms with Crippen molar-refractivity contribution in [3.8, 4) is 5.88 Å². The quantitative estimate of drug-likeness (QED) is 0.197. The molecule has 0 aliphatic carbocycles. The Morgan fingerprint density at radius 2 is 1.74 bits per heavy atom. The van der Waals surface area contributed by atoms with Crippen molar-refractivity contribution >= 4 is 51.0 Å². The highest BCUT2D eigenvalue weighted by atomic mass is 127. The molecule has 7 heteroatoms. The summed E-state index contributed by atoms with van der Waals surface area (Å²) >= 11 is 2.25. The molecule has 1 aromatic heterocycles. The lowest BCUT2D eigenvalue weighted by Gasteiger charge is -2.24. The van der Waals surface area contributed by atoms with Gasteiger partial charge in [-0.25, -0.2) is 9.79 Å². The van der Waals surface area contributed by atoms with E-state index >= 15 is 0 Å². The number of fused-ring (bicyclic) bond motifs is 1. The maximum absolute atomic E-state index is 12.3. The van der Waals surface area contributed by atoms with Crippen LogP contribution in [0.25, 0.3) is 10.9 Å². The van der Waals surface area contributed by atoms with E-state index in [0.29, 0.717) is 17.8 Å². The van der Waals surface area contributed by atoms with Gasteiger partial charge in [0.05, 0.1) is 22.5 Å². The molecule has 3 aromatic carbocycles. The van der Waals surface area contributed by atoms with Crippen LogP contribution in [0, 0.1) is 3.57 Å². The van der Waals surface area contributed by atoms with Gasteiger partial charge in [0.15, 0.2) is 5.88 Å². The first kappa shape index (κ1) is 24.8. The number of hydrogen-bond acceptors (Lipinski definition) is 4. The lowest BCUT2D eigenvalue weighted by Crippen LogP contribution is -2.33. The Morgan fingerprint density at radius 3 is 2.40 bits per heavy atom. The fourth-order valence-corrected chi connectivity index (χ4v) is 4.23. The normalized spacial score (nSPS) is 12.1. The SMILES string of the molecule is CN(Cc1ccc(N=C(c2ccccc2)c2c(O)[nH]c3cc(I)ccc23)cc1)C(=O)OC(C)(C)C. The van der Waals surface area contributed by atoms with E-state index in [4.69, 9.17) is 9.73 Å². The minimum atomic E-state index is -0.538. The van der Waals surface area contributed by atoms with Crippen molar-refractivity contribution in [1.82, 2.24) is 9.88 Å². The van der Waals surface area contributed by atoms with E-state index in [2.05, 4.69) is 27.6 Å². The van der Waals surface area contributed by atoms with Crippen LogP contribution >= 0.6 is 22.6 Å². The number of amides is 1. The average molecular weight is 581 g/mol. The summed E-state index contributed by atoms with van der Waals surface area (Å²) in [6.45, 7) is 5.97. The molecule has 0 fully saturated rings. The smallest absolute Gasteiger partial charge is 0.410 e. The number of benzene rings is 3. The molecule has 0 bridgehead atoms. The standard InChI is InChI=1S/C28H28IN3O3/c1-28(2,3)35-27(34)32(4)17-18-10-13-21(14-11-18)30-25(19-8-6-5-7-9-19)24-22-15-12-20(29)16-23(22)31-26(24)33/h5-16,31,33H,17H2,1-4H3. The number of aromatic nitrogens is 1. The summed E-state index contributed by atoms with van der Waals surface area (Å²) in [5.74, 6) is 0.0835. The highest BCUT2D eigenvalue weighted by molar-refractivity contribution is 14.1. The molecule has 2 N–H and O–H groups in total. The summed E-state index contributed by atoms with van der Waals surface area (Å²) in [6.07, 6.45) is -0.365. The number of hydrogen-bond donors (Lipinski definition) is 2. The third-order valence-corrected chi connectivity index (χ3v) is 6.00. The number of halogens is 1. The highest BCUT2D eigenvalue weighted by Crippen LogP contribution is 2.32. The number of H-pyrrole nitrogens is 1. The van der Waals surface area contributed by atoms with Gasteiger partial charge in [0.2, 0.25) is 0 Å². The second kappa shape index (κ2) is 10.1. The lowest BCUT2D eigenvalue weighted by molar-refractivity contribution is 0.0285. The van der Waals surface area contributed by atoms with Crippen molar-refractivity contribution in [1.29, 1.82) is 0 Å². The Hall–Kier alpha value is -3.33. The van der Waals surface area contributed by atoms with Gasteiger partial charge in [0.1, 0.15) is 5.60 Å². The first-order valence-electron chi connectivity index (χ1n) is 11.3. The van der Waals surface area contributed by atoms with Crippen LogP contribution in [0.5, 0.6) is 5.88 Å². The van der Waals surface area contributed by atoms with Gasteiger partial charge in [-0.1, -0.05) is 48.5 Å². The molecule has 0 atom stereocenters. The maximum atomic E-state index is 12.3. The van der Waals surface area contributed by atoms with Gasteiger partial charge in [0.25, 0.3) is 0 Å². The first-order chi connectivity index (χ1) is 16.6. The molecule has 35 heavy (non-hydrogen) atoms. The molecule has 4 aromatic rings. The summed E-state index contributed by atoms with van der Waals surface area (Å²) in [7, 11) is 1.72. The number of ether oxygens (including phenoxy) is 1. The Bertz CT molecular complexity index is 1370. The van der Waals surface area contributed by atoms with E-state index < -0.39 is 5.60 Å². The summed E-state index contributed by atoms with van der Waals surface area (Å²) in [5.41, 5.74) is 4.26. The van der Waals surface area contributed by atoms with Crippen molar-refractivity contribution in [2.75, 3.05) is 7.05 Å². The van der Waals surface area contributed by atoms with Crippen molar-refractivity contribution in [2.24, 2.45) is 4.99 Å². The number of rotatable bonds is 5. The van der Waals surface area contributed by atoms with Crippen LogP contribution in [0.3, 0.4) is 0 Å². The van der Waals surface area contributed by atoms with Crippen LogP contribution < -0.4 is 0 Å². The summed E-state index contributed by atoms with van der Waals surface area (Å²) in [5, 5.41) is 11.7. The largest absolute Gasteiger partial charge is 0.494 e. The summed E-state index contributed by atoms with van der Waals surface area (Å²) < 4.78 is 6.51. The first-order valence-corrected chi connectivity index (χ1v) is 12.4. The molecule has 1 heterocycles. The number of nitrogens with zero attached hydrogens (tertiary/aromatic N) is 2. The number of aromatic hydroxyl groups is 1. The van der Waals surface area contributed by atoms with E-state index in [-0.39, 0.29) is 12.0 Å². The van der Waals surface area contributed by atoms with Gasteiger partial charge in [-0.3, -0.25) is 0 Å². The fraction of sp³-hybridized carbons (Fsp3) is 0.214. The van der Waals surface area contributed by atoms with Gasteiger partial charge >= 0.3 is 6.09 Å². The third-order valence-electron chi connectivity index (χ3n) is 5.33. The zero-order valence-corrected chi connectivity index (χ0v) is 22.3. The van der Waals surface area contributed by atoms with Gasteiger partial charge in [-0.05, 0) is 73.2 Å². The van der Waals surface area contributed by atoms with E-state index in [9.17, 15) is 9.90 Å². The number of nitrogens with one attached hydrogen (secondary N) is 1. The molecule has 4 rings (SSSR count). The van der Waals surface area contributed by atoms with Crippen LogP contribution in [-0.2, 0) is 11.3 Å². The second-order valence-electron chi connectivity index (χ2n) is 9.37. The summed E-state index contributed by atoms with van der Waals surface area (Å²) in [4.78, 5) is 21.8. The Kier molecular flexibility index (Phi) is 7.16. The molecule has 0 aliphatic rings. The van der Waals surface area contributed by atoms with Gasteiger partial charge in [0, 0.05) is 28.1 Å². The van der Waals surface area contributed by atoms with Crippen molar-refractivity contribution in [3.63, 3.8) is 0 Å².